The van der Waals surface area contributed by atoms with Crippen LogP contribution in [0.5, 0.6) is 0 Å². The van der Waals surface area contributed by atoms with E-state index in [0.717, 1.165) is 22.0 Å². The van der Waals surface area contributed by atoms with Crippen LogP contribution in [0.2, 0.25) is 0 Å². The first kappa shape index (κ1) is 15.8. The Morgan fingerprint density at radius 3 is 2.26 bits per heavy atom. The van der Waals surface area contributed by atoms with Gasteiger partial charge in [0.05, 0.1) is 12.3 Å². The van der Waals surface area contributed by atoms with Gasteiger partial charge in [-0.1, -0.05) is 48.5 Å². The summed E-state index contributed by atoms with van der Waals surface area (Å²) in [6.45, 7) is 1.56. The van der Waals surface area contributed by atoms with Gasteiger partial charge in [0, 0.05) is 13.3 Å². The third kappa shape index (κ3) is 2.53. The number of amides is 1. The molecule has 5 rings (SSSR count). The fourth-order valence-electron chi connectivity index (χ4n) is 4.02. The zero-order chi connectivity index (χ0) is 18.4. The van der Waals surface area contributed by atoms with Crippen LogP contribution in [-0.2, 0) is 4.79 Å². The number of carbonyl (C=O) groups is 1. The number of hydrogen-bond donors (Lipinski definition) is 0. The lowest BCUT2D eigenvalue weighted by Crippen LogP contribution is -2.24. The molecule has 132 valence electrons. The number of benzene rings is 3. The predicted octanol–water partition coefficient (Wildman–Crippen LogP) is 5.28. The van der Waals surface area contributed by atoms with Gasteiger partial charge in [0.2, 0.25) is 5.91 Å². The summed E-state index contributed by atoms with van der Waals surface area (Å²) in [6.07, 6.45) is 2.27. The van der Waals surface area contributed by atoms with Crippen molar-refractivity contribution < 1.29 is 9.21 Å². The average Bonchev–Trinajstić information content (AvgIpc) is 3.35. The van der Waals surface area contributed by atoms with Crippen molar-refractivity contribution in [2.24, 2.45) is 5.10 Å². The molecule has 4 nitrogen and oxygen atoms in total. The fourth-order valence-corrected chi connectivity index (χ4v) is 4.02. The first-order chi connectivity index (χ1) is 13.2. The standard InChI is InChI=1S/C23H18N2O2/c1-15(26)25-21(14-20(24-25)22-11-6-12-27-22)23-18-9-4-2-7-16(18)13-17-8-3-5-10-19(17)23/h2-13,21H,14H2,1H3/t21-/m0/s1. The number of nitrogens with zero attached hydrogens (tertiary/aromatic N) is 2. The van der Waals surface area contributed by atoms with E-state index in [9.17, 15) is 4.79 Å². The quantitative estimate of drug-likeness (QED) is 0.460. The molecule has 1 aromatic heterocycles. The molecule has 0 saturated carbocycles. The molecule has 4 aromatic rings. The molecule has 1 atom stereocenters. The molecule has 1 aliphatic rings. The predicted molar refractivity (Wildman–Crippen MR) is 107 cm³/mol. The van der Waals surface area contributed by atoms with Crippen LogP contribution < -0.4 is 0 Å². The van der Waals surface area contributed by atoms with Crippen LogP contribution in [0.25, 0.3) is 21.5 Å². The van der Waals surface area contributed by atoms with Gasteiger partial charge in [-0.05, 0) is 45.3 Å². The van der Waals surface area contributed by atoms with Gasteiger partial charge < -0.3 is 4.42 Å². The summed E-state index contributed by atoms with van der Waals surface area (Å²) in [4.78, 5) is 12.4. The molecule has 2 heterocycles. The van der Waals surface area contributed by atoms with Gasteiger partial charge in [-0.2, -0.15) is 5.10 Å². The molecule has 0 fully saturated rings. The highest BCUT2D eigenvalue weighted by atomic mass is 16.3. The average molecular weight is 354 g/mol. The van der Waals surface area contributed by atoms with Crippen LogP contribution in [0.3, 0.4) is 0 Å². The maximum atomic E-state index is 12.4. The van der Waals surface area contributed by atoms with E-state index in [2.05, 4.69) is 35.4 Å². The minimum Gasteiger partial charge on any atom is -0.463 e. The van der Waals surface area contributed by atoms with Crippen LogP contribution in [0.1, 0.15) is 30.7 Å². The van der Waals surface area contributed by atoms with E-state index in [1.165, 1.54) is 10.8 Å². The van der Waals surface area contributed by atoms with Crippen molar-refractivity contribution in [3.8, 4) is 0 Å². The number of hydrazone groups is 1. The number of hydrogen-bond acceptors (Lipinski definition) is 3. The molecule has 0 radical (unpaired) electrons. The van der Waals surface area contributed by atoms with Gasteiger partial charge >= 0.3 is 0 Å². The van der Waals surface area contributed by atoms with Crippen molar-refractivity contribution in [3.05, 3.63) is 84.3 Å². The zero-order valence-electron chi connectivity index (χ0n) is 14.9. The monoisotopic (exact) mass is 354 g/mol. The summed E-state index contributed by atoms with van der Waals surface area (Å²) >= 11 is 0. The van der Waals surface area contributed by atoms with Gasteiger partial charge in [0.1, 0.15) is 11.5 Å². The van der Waals surface area contributed by atoms with Crippen molar-refractivity contribution in [2.45, 2.75) is 19.4 Å². The molecule has 1 amide bonds. The van der Waals surface area contributed by atoms with E-state index >= 15 is 0 Å². The summed E-state index contributed by atoms with van der Waals surface area (Å²) in [5, 5.41) is 10.9. The number of furan rings is 1. The largest absolute Gasteiger partial charge is 0.463 e. The normalized spacial score (nSPS) is 16.9. The van der Waals surface area contributed by atoms with Crippen molar-refractivity contribution >= 4 is 33.2 Å². The lowest BCUT2D eigenvalue weighted by molar-refractivity contribution is -0.130. The second-order valence-electron chi connectivity index (χ2n) is 6.84. The molecule has 0 saturated heterocycles. The molecule has 0 N–H and O–H groups in total. The number of carbonyl (C=O) groups excluding carboxylic acids is 1. The summed E-state index contributed by atoms with van der Waals surface area (Å²) < 4.78 is 5.54. The topological polar surface area (TPSA) is 45.8 Å². The Balaban J connectivity index is 1.75. The summed E-state index contributed by atoms with van der Waals surface area (Å²) in [5.74, 6) is 0.645. The maximum Gasteiger partial charge on any atom is 0.240 e. The van der Waals surface area contributed by atoms with Crippen LogP contribution >= 0.6 is 0 Å². The van der Waals surface area contributed by atoms with Crippen molar-refractivity contribution in [3.63, 3.8) is 0 Å². The highest BCUT2D eigenvalue weighted by Crippen LogP contribution is 2.40. The lowest BCUT2D eigenvalue weighted by Gasteiger charge is -2.24. The molecule has 0 unspecified atom stereocenters. The van der Waals surface area contributed by atoms with Gasteiger partial charge in [0.15, 0.2) is 0 Å². The van der Waals surface area contributed by atoms with E-state index in [0.29, 0.717) is 12.2 Å². The Bertz CT molecular complexity index is 1140. The first-order valence-corrected chi connectivity index (χ1v) is 9.04. The highest BCUT2D eigenvalue weighted by molar-refractivity contribution is 6.06. The summed E-state index contributed by atoms with van der Waals surface area (Å²) in [7, 11) is 0. The maximum absolute atomic E-state index is 12.4. The molecular weight excluding hydrogens is 336 g/mol. The lowest BCUT2D eigenvalue weighted by atomic mass is 9.90. The number of rotatable bonds is 2. The second kappa shape index (κ2) is 6.09. The molecule has 4 heteroatoms. The molecule has 3 aromatic carbocycles. The zero-order valence-corrected chi connectivity index (χ0v) is 14.9. The van der Waals surface area contributed by atoms with Crippen LogP contribution in [0.4, 0.5) is 0 Å². The summed E-state index contributed by atoms with van der Waals surface area (Å²) in [6, 6.07) is 22.4. The Kier molecular flexibility index (Phi) is 3.57. The van der Waals surface area contributed by atoms with Crippen LogP contribution in [0, 0.1) is 0 Å². The van der Waals surface area contributed by atoms with Crippen molar-refractivity contribution in [2.75, 3.05) is 0 Å². The van der Waals surface area contributed by atoms with E-state index in [1.54, 1.807) is 18.2 Å². The van der Waals surface area contributed by atoms with Gasteiger partial charge in [-0.15, -0.1) is 0 Å². The van der Waals surface area contributed by atoms with Gasteiger partial charge in [0.25, 0.3) is 0 Å². The van der Waals surface area contributed by atoms with Crippen LogP contribution in [0.15, 0.2) is 82.5 Å². The SMILES string of the molecule is CC(=O)N1N=C(c2ccco2)C[C@H]1c1c2ccccc2cc2ccccc12. The molecule has 0 spiro atoms. The number of fused-ring (bicyclic) bond motifs is 2. The molecule has 0 bridgehead atoms. The Morgan fingerprint density at radius 1 is 1.00 bits per heavy atom. The van der Waals surface area contributed by atoms with Crippen molar-refractivity contribution in [1.29, 1.82) is 0 Å². The minimum atomic E-state index is -0.154. The molecular formula is C23H18N2O2. The van der Waals surface area contributed by atoms with Gasteiger partial charge in [-0.25, -0.2) is 5.01 Å². The Hall–Kier alpha value is -3.40. The molecule has 0 aliphatic carbocycles. The third-order valence-electron chi connectivity index (χ3n) is 5.18. The van der Waals surface area contributed by atoms with Gasteiger partial charge in [-0.3, -0.25) is 4.79 Å². The molecule has 27 heavy (non-hydrogen) atoms. The molecule has 1 aliphatic heterocycles. The van der Waals surface area contributed by atoms with Crippen LogP contribution in [-0.4, -0.2) is 16.6 Å². The second-order valence-corrected chi connectivity index (χ2v) is 6.84. The van der Waals surface area contributed by atoms with E-state index in [-0.39, 0.29) is 11.9 Å². The fraction of sp³-hybridized carbons (Fsp3) is 0.130. The third-order valence-corrected chi connectivity index (χ3v) is 5.18. The Labute approximate surface area is 156 Å². The van der Waals surface area contributed by atoms with E-state index in [4.69, 9.17) is 4.42 Å². The summed E-state index contributed by atoms with van der Waals surface area (Å²) in [5.41, 5.74) is 1.95. The van der Waals surface area contributed by atoms with E-state index < -0.39 is 0 Å². The minimum absolute atomic E-state index is 0.0708. The Morgan fingerprint density at radius 2 is 1.67 bits per heavy atom. The highest BCUT2D eigenvalue weighted by Gasteiger charge is 2.34. The van der Waals surface area contributed by atoms with E-state index in [1.807, 2.05) is 36.4 Å². The first-order valence-electron chi connectivity index (χ1n) is 9.04. The van der Waals surface area contributed by atoms with Crippen molar-refractivity contribution in [1.82, 2.24) is 5.01 Å². The smallest absolute Gasteiger partial charge is 0.240 e.